The second-order valence-corrected chi connectivity index (χ2v) is 9.45. The first kappa shape index (κ1) is 18.9. The van der Waals surface area contributed by atoms with E-state index in [1.807, 2.05) is 6.07 Å². The molecule has 2 heterocycles. The SMILES string of the molecule is O=C(c1ccco1)N1CCc2cc(NS(=O)(=O)c3ccc4c(c3)CCCC4)ccc21. The lowest BCUT2D eigenvalue weighted by atomic mass is 9.92. The molecule has 0 spiro atoms. The van der Waals surface area contributed by atoms with Gasteiger partial charge in [-0.3, -0.25) is 9.52 Å². The van der Waals surface area contributed by atoms with Crippen molar-refractivity contribution in [1.29, 1.82) is 0 Å². The zero-order chi connectivity index (χ0) is 20.7. The number of carbonyl (C=O) groups excluding carboxylic acids is 1. The minimum atomic E-state index is -3.68. The molecule has 0 radical (unpaired) electrons. The van der Waals surface area contributed by atoms with Crippen LogP contribution in [0.1, 0.15) is 40.1 Å². The summed E-state index contributed by atoms with van der Waals surface area (Å²) in [5, 5.41) is 0. The number of carbonyl (C=O) groups is 1. The van der Waals surface area contributed by atoms with Crippen LogP contribution in [-0.2, 0) is 29.3 Å². The Morgan fingerprint density at radius 1 is 0.933 bits per heavy atom. The van der Waals surface area contributed by atoms with E-state index in [1.165, 1.54) is 11.8 Å². The molecule has 0 saturated carbocycles. The normalized spacial score (nSPS) is 15.5. The Balaban J connectivity index is 1.38. The Labute approximate surface area is 175 Å². The summed E-state index contributed by atoms with van der Waals surface area (Å²) in [7, 11) is -3.68. The van der Waals surface area contributed by atoms with E-state index in [9.17, 15) is 13.2 Å². The van der Waals surface area contributed by atoms with Gasteiger partial charge in [-0.2, -0.15) is 0 Å². The predicted octanol–water partition coefficient (Wildman–Crippen LogP) is 4.16. The van der Waals surface area contributed by atoms with Gasteiger partial charge in [-0.25, -0.2) is 8.42 Å². The highest BCUT2D eigenvalue weighted by Crippen LogP contribution is 2.33. The van der Waals surface area contributed by atoms with E-state index >= 15 is 0 Å². The highest BCUT2D eigenvalue weighted by Gasteiger charge is 2.28. The number of aryl methyl sites for hydroxylation is 2. The van der Waals surface area contributed by atoms with E-state index in [-0.39, 0.29) is 5.91 Å². The highest BCUT2D eigenvalue weighted by atomic mass is 32.2. The molecule has 0 saturated heterocycles. The summed E-state index contributed by atoms with van der Waals surface area (Å²) in [6, 6.07) is 14.0. The standard InChI is InChI=1S/C23H22N2O4S/c26-23(22-6-3-13-29-22)25-12-11-18-14-19(8-10-21(18)25)24-30(27,28)20-9-7-16-4-1-2-5-17(16)15-20/h3,6-10,13-15,24H,1-2,4-5,11-12H2. The molecule has 154 valence electrons. The molecule has 6 nitrogen and oxygen atoms in total. The average molecular weight is 423 g/mol. The zero-order valence-electron chi connectivity index (χ0n) is 16.4. The number of rotatable bonds is 4. The summed E-state index contributed by atoms with van der Waals surface area (Å²) in [6.45, 7) is 0.538. The van der Waals surface area contributed by atoms with Crippen molar-refractivity contribution in [3.05, 3.63) is 77.2 Å². The van der Waals surface area contributed by atoms with Crippen LogP contribution in [0.5, 0.6) is 0 Å². The molecule has 0 unspecified atom stereocenters. The van der Waals surface area contributed by atoms with Crippen LogP contribution in [0.2, 0.25) is 0 Å². The van der Waals surface area contributed by atoms with Crippen LogP contribution >= 0.6 is 0 Å². The van der Waals surface area contributed by atoms with Gasteiger partial charge in [-0.05, 0) is 91.3 Å². The Hall–Kier alpha value is -3.06. The number of nitrogens with one attached hydrogen (secondary N) is 1. The minimum Gasteiger partial charge on any atom is -0.459 e. The van der Waals surface area contributed by atoms with Gasteiger partial charge in [0, 0.05) is 17.9 Å². The number of sulfonamides is 1. The first-order chi connectivity index (χ1) is 14.5. The van der Waals surface area contributed by atoms with E-state index < -0.39 is 10.0 Å². The maximum Gasteiger partial charge on any atom is 0.293 e. The van der Waals surface area contributed by atoms with E-state index in [0.29, 0.717) is 29.3 Å². The van der Waals surface area contributed by atoms with Crippen LogP contribution in [0.4, 0.5) is 11.4 Å². The molecule has 2 aromatic carbocycles. The van der Waals surface area contributed by atoms with Crippen LogP contribution in [0.3, 0.4) is 0 Å². The van der Waals surface area contributed by atoms with E-state index in [0.717, 1.165) is 42.5 Å². The molecular formula is C23H22N2O4S. The van der Waals surface area contributed by atoms with Gasteiger partial charge >= 0.3 is 0 Å². The van der Waals surface area contributed by atoms with E-state index in [2.05, 4.69) is 4.72 Å². The van der Waals surface area contributed by atoms with Crippen LogP contribution in [0.15, 0.2) is 64.1 Å². The van der Waals surface area contributed by atoms with Gasteiger partial charge in [-0.15, -0.1) is 0 Å². The number of furan rings is 1. The minimum absolute atomic E-state index is 0.193. The third-order valence-corrected chi connectivity index (χ3v) is 7.21. The van der Waals surface area contributed by atoms with E-state index in [1.54, 1.807) is 47.4 Å². The van der Waals surface area contributed by atoms with Crippen molar-refractivity contribution < 1.29 is 17.6 Å². The van der Waals surface area contributed by atoms with Crippen LogP contribution in [0.25, 0.3) is 0 Å². The van der Waals surface area contributed by atoms with Crippen LogP contribution < -0.4 is 9.62 Å². The molecule has 3 aromatic rings. The Bertz CT molecular complexity index is 1220. The fourth-order valence-electron chi connectivity index (χ4n) is 4.30. The second-order valence-electron chi connectivity index (χ2n) is 7.77. The molecule has 0 fully saturated rings. The smallest absolute Gasteiger partial charge is 0.293 e. The number of hydrogen-bond donors (Lipinski definition) is 1. The summed E-state index contributed by atoms with van der Waals surface area (Å²) in [5.74, 6) is 0.0983. The van der Waals surface area contributed by atoms with Gasteiger partial charge < -0.3 is 9.32 Å². The number of amides is 1. The van der Waals surface area contributed by atoms with Gasteiger partial charge in [-0.1, -0.05) is 6.07 Å². The molecule has 2 aliphatic rings. The molecule has 1 N–H and O–H groups in total. The quantitative estimate of drug-likeness (QED) is 0.685. The van der Waals surface area contributed by atoms with Gasteiger partial charge in [0.1, 0.15) is 0 Å². The number of nitrogens with zero attached hydrogens (tertiary/aromatic N) is 1. The fraction of sp³-hybridized carbons (Fsp3) is 0.261. The Morgan fingerprint density at radius 2 is 1.77 bits per heavy atom. The van der Waals surface area contributed by atoms with E-state index in [4.69, 9.17) is 4.42 Å². The monoisotopic (exact) mass is 422 g/mol. The topological polar surface area (TPSA) is 79.6 Å². The summed E-state index contributed by atoms with van der Waals surface area (Å²) in [5.41, 5.74) is 4.59. The van der Waals surface area contributed by atoms with Gasteiger partial charge in [0.2, 0.25) is 0 Å². The van der Waals surface area contributed by atoms with Crippen molar-refractivity contribution in [2.24, 2.45) is 0 Å². The molecule has 0 bridgehead atoms. The predicted molar refractivity (Wildman–Crippen MR) is 114 cm³/mol. The number of anilines is 2. The average Bonchev–Trinajstić information content (AvgIpc) is 3.42. The molecule has 1 aromatic heterocycles. The van der Waals surface area contributed by atoms with Crippen molar-refractivity contribution in [2.75, 3.05) is 16.2 Å². The first-order valence-corrected chi connectivity index (χ1v) is 11.6. The molecule has 7 heteroatoms. The molecule has 1 aliphatic heterocycles. The molecular weight excluding hydrogens is 400 g/mol. The molecule has 0 atom stereocenters. The first-order valence-electron chi connectivity index (χ1n) is 10.1. The summed E-state index contributed by atoms with van der Waals surface area (Å²) < 4.78 is 33.8. The van der Waals surface area contributed by atoms with Crippen molar-refractivity contribution in [2.45, 2.75) is 37.0 Å². The molecule has 1 aliphatic carbocycles. The lowest BCUT2D eigenvalue weighted by molar-refractivity contribution is 0.0963. The molecule has 1 amide bonds. The maximum atomic E-state index is 12.9. The van der Waals surface area contributed by atoms with Crippen molar-refractivity contribution in [1.82, 2.24) is 0 Å². The van der Waals surface area contributed by atoms with Gasteiger partial charge in [0.25, 0.3) is 15.9 Å². The summed E-state index contributed by atoms with van der Waals surface area (Å²) in [6.07, 6.45) is 6.34. The van der Waals surface area contributed by atoms with Gasteiger partial charge in [0.05, 0.1) is 11.2 Å². The largest absolute Gasteiger partial charge is 0.459 e. The third-order valence-electron chi connectivity index (χ3n) is 5.83. The highest BCUT2D eigenvalue weighted by molar-refractivity contribution is 7.92. The lowest BCUT2D eigenvalue weighted by Gasteiger charge is -2.18. The lowest BCUT2D eigenvalue weighted by Crippen LogP contribution is -2.28. The molecule has 30 heavy (non-hydrogen) atoms. The van der Waals surface area contributed by atoms with Crippen molar-refractivity contribution in [3.63, 3.8) is 0 Å². The summed E-state index contributed by atoms with van der Waals surface area (Å²) in [4.78, 5) is 14.6. The number of hydrogen-bond acceptors (Lipinski definition) is 4. The Kier molecular flexibility index (Phi) is 4.62. The second kappa shape index (κ2) is 7.32. The fourth-order valence-corrected chi connectivity index (χ4v) is 5.40. The zero-order valence-corrected chi connectivity index (χ0v) is 17.2. The van der Waals surface area contributed by atoms with Crippen LogP contribution in [0, 0.1) is 0 Å². The van der Waals surface area contributed by atoms with Crippen molar-refractivity contribution >= 4 is 27.3 Å². The Morgan fingerprint density at radius 3 is 2.57 bits per heavy atom. The number of fused-ring (bicyclic) bond motifs is 2. The van der Waals surface area contributed by atoms with Gasteiger partial charge in [0.15, 0.2) is 5.76 Å². The molecule has 5 rings (SSSR count). The maximum absolute atomic E-state index is 12.9. The third kappa shape index (κ3) is 3.39. The summed E-state index contributed by atoms with van der Waals surface area (Å²) >= 11 is 0. The van der Waals surface area contributed by atoms with Crippen molar-refractivity contribution in [3.8, 4) is 0 Å². The van der Waals surface area contributed by atoms with Crippen LogP contribution in [-0.4, -0.2) is 20.9 Å². The number of benzene rings is 2.